The first-order valence-corrected chi connectivity index (χ1v) is 15.3. The van der Waals surface area contributed by atoms with Gasteiger partial charge in [-0.25, -0.2) is 0 Å². The maximum absolute atomic E-state index is 13.9. The summed E-state index contributed by atoms with van der Waals surface area (Å²) in [6, 6.07) is 3.27. The molecule has 0 spiro atoms. The Morgan fingerprint density at radius 2 is 1.46 bits per heavy atom. The van der Waals surface area contributed by atoms with Gasteiger partial charge in [-0.05, 0) is 49.6 Å². The Kier molecular flexibility index (Phi) is 8.58. The summed E-state index contributed by atoms with van der Waals surface area (Å²) < 4.78 is 16.7. The zero-order valence-corrected chi connectivity index (χ0v) is 26.9. The maximum Gasteiger partial charge on any atom is 0.325 e. The number of ether oxygens (including phenoxy) is 3. The number of aliphatic hydroxyl groups excluding tert-OH is 4. The Hall–Kier alpha value is -5.10. The van der Waals surface area contributed by atoms with E-state index in [1.807, 2.05) is 0 Å². The molecule has 1 aliphatic heterocycles. The number of amides is 1. The molecule has 9 N–H and O–H groups in total. The summed E-state index contributed by atoms with van der Waals surface area (Å²) in [7, 11) is 1.27. The molecule has 8 unspecified atom stereocenters. The Balaban J connectivity index is 1.60. The molecule has 3 aromatic carbocycles. The van der Waals surface area contributed by atoms with Crippen LogP contribution in [0.25, 0.3) is 11.1 Å². The lowest BCUT2D eigenvalue weighted by atomic mass is 9.74. The van der Waals surface area contributed by atoms with Crippen molar-refractivity contribution < 1.29 is 74.2 Å². The zero-order chi connectivity index (χ0) is 36.7. The van der Waals surface area contributed by atoms with Crippen LogP contribution in [0, 0.1) is 6.92 Å². The van der Waals surface area contributed by atoms with Gasteiger partial charge in [0, 0.05) is 28.3 Å². The van der Waals surface area contributed by atoms with E-state index in [0.717, 1.165) is 12.1 Å². The van der Waals surface area contributed by atoms with E-state index in [0.29, 0.717) is 0 Å². The van der Waals surface area contributed by atoms with Crippen LogP contribution in [0.1, 0.15) is 84.9 Å². The molecule has 0 aromatic heterocycles. The first-order valence-electron chi connectivity index (χ1n) is 15.3. The van der Waals surface area contributed by atoms with Crippen molar-refractivity contribution in [3.8, 4) is 34.1 Å². The smallest absolute Gasteiger partial charge is 0.325 e. The number of aliphatic carboxylic acids is 1. The third kappa shape index (κ3) is 5.15. The average molecular weight is 696 g/mol. The molecule has 1 saturated heterocycles. The monoisotopic (exact) mass is 695 g/mol. The fourth-order valence-corrected chi connectivity index (χ4v) is 6.68. The Labute approximate surface area is 282 Å². The normalized spacial score (nSPS) is 25.9. The number of fused-ring (bicyclic) bond motifs is 5. The number of carbonyl (C=O) groups excluding carboxylic acids is 3. The van der Waals surface area contributed by atoms with Crippen LogP contribution in [0.4, 0.5) is 0 Å². The molecule has 0 bridgehead atoms. The number of carboxylic acids is 1. The number of methoxy groups -OCH3 is 1. The van der Waals surface area contributed by atoms with E-state index >= 15 is 0 Å². The Morgan fingerprint density at radius 1 is 0.840 bits per heavy atom. The number of nitrogens with one attached hydrogen (secondary N) is 1. The van der Waals surface area contributed by atoms with Crippen molar-refractivity contribution >= 4 is 23.4 Å². The number of rotatable bonds is 6. The number of ketones is 2. The van der Waals surface area contributed by atoms with Gasteiger partial charge in [0.1, 0.15) is 59.6 Å². The van der Waals surface area contributed by atoms with Crippen LogP contribution < -0.4 is 10.1 Å². The lowest BCUT2D eigenvalue weighted by molar-refractivity contribution is -0.312. The van der Waals surface area contributed by atoms with Crippen LogP contribution in [0.2, 0.25) is 0 Å². The van der Waals surface area contributed by atoms with Crippen LogP contribution in [0.5, 0.6) is 23.0 Å². The average Bonchev–Trinajstić information content (AvgIpc) is 3.06. The molecule has 8 atom stereocenters. The van der Waals surface area contributed by atoms with E-state index in [9.17, 15) is 60.0 Å². The highest BCUT2D eigenvalue weighted by atomic mass is 16.7. The van der Waals surface area contributed by atoms with Crippen molar-refractivity contribution in [3.05, 3.63) is 68.8 Å². The number of carboxylic acid groups (broad SMARTS) is 1. The van der Waals surface area contributed by atoms with Gasteiger partial charge in [-0.2, -0.15) is 0 Å². The standard InChI is InChI=1S/C34H33NO15/c1-9-5-16-21(27(41)18(9)32(45)35-10(2)33(46)47)20-14(26(40)31(16)50-34-30(44)29(43)23(37)11(3)49-34)8-15-22(28(20)42)25(39)13-6-12(48-4)7-17(36)19(13)24(15)38/h5-8,10-11,23,26,29-31,34,36-37,40-44H,1-4H3,(H,35,45)(H,46,47). The van der Waals surface area contributed by atoms with Gasteiger partial charge in [-0.15, -0.1) is 0 Å². The first-order chi connectivity index (χ1) is 23.5. The molecule has 3 aromatic rings. The molecule has 1 fully saturated rings. The molecule has 50 heavy (non-hydrogen) atoms. The van der Waals surface area contributed by atoms with E-state index < -0.39 is 112 Å². The van der Waals surface area contributed by atoms with Gasteiger partial charge in [0.2, 0.25) is 0 Å². The minimum Gasteiger partial charge on any atom is -0.507 e. The van der Waals surface area contributed by atoms with E-state index in [2.05, 4.69) is 5.32 Å². The molecule has 1 amide bonds. The van der Waals surface area contributed by atoms with E-state index in [-0.39, 0.29) is 39.1 Å². The van der Waals surface area contributed by atoms with Crippen LogP contribution in [0.15, 0.2) is 24.3 Å². The summed E-state index contributed by atoms with van der Waals surface area (Å²) in [6.45, 7) is 3.97. The molecule has 6 rings (SSSR count). The fraction of sp³-hybridized carbons (Fsp3) is 0.353. The molecule has 1 heterocycles. The van der Waals surface area contributed by atoms with Gasteiger partial charge in [0.15, 0.2) is 17.9 Å². The molecule has 3 aliphatic rings. The first kappa shape index (κ1) is 34.8. The molecular formula is C34H33NO15. The molecule has 16 nitrogen and oxygen atoms in total. The second-order valence-electron chi connectivity index (χ2n) is 12.4. The van der Waals surface area contributed by atoms with Crippen molar-refractivity contribution in [2.24, 2.45) is 0 Å². The summed E-state index contributed by atoms with van der Waals surface area (Å²) in [6.07, 6.45) is -11.3. The number of benzene rings is 3. The SMILES string of the molecule is COc1cc(O)c2c(c1)C(=O)c1c(cc3c(c1O)-c1c(cc(C)c(C(=O)NC(C)C(=O)O)c1O)C(OC1OC(C)C(O)C(O)C1O)C3O)C2=O. The molecule has 16 heteroatoms. The number of phenolic OH excluding ortho intramolecular Hbond substituents is 3. The summed E-state index contributed by atoms with van der Waals surface area (Å²) in [5.41, 5.74) is -3.19. The maximum atomic E-state index is 13.9. The predicted octanol–water partition coefficient (Wildman–Crippen LogP) is 0.698. The third-order valence-electron chi connectivity index (χ3n) is 9.33. The van der Waals surface area contributed by atoms with Crippen LogP contribution in [0.3, 0.4) is 0 Å². The number of aryl methyl sites for hydroxylation is 1. The van der Waals surface area contributed by atoms with Crippen LogP contribution in [-0.4, -0.2) is 108 Å². The minimum atomic E-state index is -1.84. The van der Waals surface area contributed by atoms with Gasteiger partial charge in [-0.3, -0.25) is 19.2 Å². The number of carbonyl (C=O) groups is 4. The summed E-state index contributed by atoms with van der Waals surface area (Å²) in [5.74, 6) is -6.50. The number of hydrogen-bond acceptors (Lipinski definition) is 14. The van der Waals surface area contributed by atoms with Crippen molar-refractivity contribution in [1.82, 2.24) is 5.32 Å². The highest BCUT2D eigenvalue weighted by Crippen LogP contribution is 2.57. The second kappa shape index (κ2) is 12.3. The largest absolute Gasteiger partial charge is 0.507 e. The lowest BCUT2D eigenvalue weighted by Crippen LogP contribution is -2.57. The zero-order valence-electron chi connectivity index (χ0n) is 26.9. The number of hydrogen-bond donors (Lipinski definition) is 9. The van der Waals surface area contributed by atoms with Gasteiger partial charge in [-0.1, -0.05) is 6.07 Å². The van der Waals surface area contributed by atoms with E-state index in [1.165, 1.54) is 40.0 Å². The molecule has 264 valence electrons. The highest BCUT2D eigenvalue weighted by Gasteiger charge is 2.48. The Bertz CT molecular complexity index is 1990. The fourth-order valence-electron chi connectivity index (χ4n) is 6.68. The molecule has 2 aliphatic carbocycles. The Morgan fingerprint density at radius 3 is 2.10 bits per heavy atom. The molecular weight excluding hydrogens is 662 g/mol. The number of phenols is 3. The van der Waals surface area contributed by atoms with E-state index in [4.69, 9.17) is 14.2 Å². The summed E-state index contributed by atoms with van der Waals surface area (Å²) >= 11 is 0. The van der Waals surface area contributed by atoms with E-state index in [1.54, 1.807) is 0 Å². The van der Waals surface area contributed by atoms with Crippen molar-refractivity contribution in [1.29, 1.82) is 0 Å². The second-order valence-corrected chi connectivity index (χ2v) is 12.4. The number of aliphatic hydroxyl groups is 4. The number of aromatic hydroxyl groups is 3. The van der Waals surface area contributed by atoms with Crippen LogP contribution >= 0.6 is 0 Å². The van der Waals surface area contributed by atoms with Crippen molar-refractivity contribution in [2.75, 3.05) is 7.11 Å². The predicted molar refractivity (Wildman–Crippen MR) is 167 cm³/mol. The van der Waals surface area contributed by atoms with Crippen LogP contribution in [-0.2, 0) is 14.3 Å². The molecule has 0 saturated carbocycles. The lowest BCUT2D eigenvalue weighted by Gasteiger charge is -2.42. The summed E-state index contributed by atoms with van der Waals surface area (Å²) in [4.78, 5) is 52.5. The highest BCUT2D eigenvalue weighted by molar-refractivity contribution is 6.31. The van der Waals surface area contributed by atoms with Gasteiger partial charge in [0.25, 0.3) is 5.91 Å². The summed E-state index contributed by atoms with van der Waals surface area (Å²) in [5, 5.41) is 89.0. The van der Waals surface area contributed by atoms with Gasteiger partial charge in [0.05, 0.1) is 29.9 Å². The van der Waals surface area contributed by atoms with Crippen molar-refractivity contribution in [2.45, 2.75) is 69.7 Å². The molecule has 0 radical (unpaired) electrons. The quantitative estimate of drug-likeness (QED) is 0.134. The topological polar surface area (TPSA) is 270 Å². The van der Waals surface area contributed by atoms with Crippen molar-refractivity contribution in [3.63, 3.8) is 0 Å². The van der Waals surface area contributed by atoms with Gasteiger partial charge >= 0.3 is 5.97 Å². The third-order valence-corrected chi connectivity index (χ3v) is 9.33. The minimum absolute atomic E-state index is 0.0301. The van der Waals surface area contributed by atoms with Gasteiger partial charge < -0.3 is 60.4 Å².